The maximum atomic E-state index is 12.7. The van der Waals surface area contributed by atoms with Gasteiger partial charge in [-0.25, -0.2) is 4.79 Å². The van der Waals surface area contributed by atoms with E-state index >= 15 is 0 Å². The van der Waals surface area contributed by atoms with Gasteiger partial charge in [0.2, 0.25) is 5.91 Å². The van der Waals surface area contributed by atoms with Gasteiger partial charge in [0, 0.05) is 35.5 Å². The fraction of sp³-hybridized carbons (Fsp3) is 0.200. The molecule has 0 atom stereocenters. The Labute approximate surface area is 204 Å². The van der Waals surface area contributed by atoms with E-state index < -0.39 is 17.8 Å². The molecule has 0 spiro atoms. The Morgan fingerprint density at radius 3 is 2.50 bits per heavy atom. The van der Waals surface area contributed by atoms with Crippen LogP contribution in [0.15, 0.2) is 65.8 Å². The highest BCUT2D eigenvalue weighted by Crippen LogP contribution is 2.32. The number of aromatic nitrogens is 2. The molecule has 0 saturated carbocycles. The minimum Gasteiger partial charge on any atom is -0.311 e. The van der Waals surface area contributed by atoms with Crippen LogP contribution < -0.4 is 16.0 Å². The molecule has 36 heavy (non-hydrogen) atoms. The summed E-state index contributed by atoms with van der Waals surface area (Å²) in [5, 5.41) is 15.1. The predicted molar refractivity (Wildman–Crippen MR) is 131 cm³/mol. The summed E-state index contributed by atoms with van der Waals surface area (Å²) in [5.41, 5.74) is 3.21. The summed E-state index contributed by atoms with van der Waals surface area (Å²) in [6.07, 6.45) is 0.101. The zero-order chi connectivity index (χ0) is 25.7. The first-order valence-corrected chi connectivity index (χ1v) is 11.2. The Morgan fingerprint density at radius 1 is 1.03 bits per heavy atom. The second-order valence-corrected chi connectivity index (χ2v) is 7.98. The van der Waals surface area contributed by atoms with Crippen LogP contribution in [0.1, 0.15) is 30.9 Å². The van der Waals surface area contributed by atoms with Gasteiger partial charge in [-0.05, 0) is 54.5 Å². The van der Waals surface area contributed by atoms with Gasteiger partial charge < -0.3 is 16.0 Å². The molecule has 0 aliphatic carbocycles. The van der Waals surface area contributed by atoms with E-state index in [9.17, 15) is 22.8 Å². The van der Waals surface area contributed by atoms with Gasteiger partial charge in [0.15, 0.2) is 0 Å². The van der Waals surface area contributed by atoms with E-state index in [4.69, 9.17) is 0 Å². The number of benzene rings is 2. The largest absolute Gasteiger partial charge is 0.416 e. The Bertz CT molecular complexity index is 1330. The van der Waals surface area contributed by atoms with Crippen LogP contribution in [0.4, 0.5) is 29.3 Å². The predicted octanol–water partition coefficient (Wildman–Crippen LogP) is 5.45. The van der Waals surface area contributed by atoms with E-state index in [0.717, 1.165) is 34.5 Å². The topological polar surface area (TPSA) is 111 Å². The van der Waals surface area contributed by atoms with E-state index in [-0.39, 0.29) is 11.6 Å². The number of nitrogens with zero attached hydrogens (tertiary/aromatic N) is 2. The lowest BCUT2D eigenvalue weighted by Gasteiger charge is -2.15. The van der Waals surface area contributed by atoms with Crippen LogP contribution in [0.3, 0.4) is 0 Å². The molecule has 0 fully saturated rings. The molecule has 1 aliphatic rings. The number of hydrogen-bond donors (Lipinski definition) is 4. The molecular formula is C25H23F3N6O2. The summed E-state index contributed by atoms with van der Waals surface area (Å²) in [7, 11) is 0. The fourth-order valence-electron chi connectivity index (χ4n) is 3.64. The average Bonchev–Trinajstić information content (AvgIpc) is 3.34. The summed E-state index contributed by atoms with van der Waals surface area (Å²) in [6, 6.07) is 10.6. The smallest absolute Gasteiger partial charge is 0.311 e. The standard InChI is InChI=1S/C25H23F3N6O2/c1-2-22(35)33-21-13-15(10-11-29-21)20-14-30-34-23(20)16-4-3-5-19(12-16)32-24(36)31-18-8-6-17(7-9-18)25(26,27)28/h3-9,12-14H,2,10-11H2,1H3,(H,30,34)(H,29,33,35)(H2,31,32,36). The number of rotatable bonds is 5. The number of aromatic amines is 1. The summed E-state index contributed by atoms with van der Waals surface area (Å²) in [6.45, 7) is 2.30. The van der Waals surface area contributed by atoms with Crippen LogP contribution in [0.25, 0.3) is 16.8 Å². The molecule has 0 unspecified atom stereocenters. The Balaban J connectivity index is 1.48. The third-order valence-corrected chi connectivity index (χ3v) is 5.43. The molecule has 1 aromatic heterocycles. The number of nitrogens with one attached hydrogen (secondary N) is 4. The number of alkyl halides is 3. The lowest BCUT2D eigenvalue weighted by atomic mass is 9.97. The van der Waals surface area contributed by atoms with E-state index in [1.165, 1.54) is 12.1 Å². The van der Waals surface area contributed by atoms with Crippen molar-refractivity contribution < 1.29 is 22.8 Å². The zero-order valence-electron chi connectivity index (χ0n) is 19.2. The molecule has 1 aliphatic heterocycles. The minimum atomic E-state index is -4.45. The van der Waals surface area contributed by atoms with Crippen LogP contribution in [-0.4, -0.2) is 34.5 Å². The molecule has 4 N–H and O–H groups in total. The first kappa shape index (κ1) is 24.7. The molecule has 3 amide bonds. The highest BCUT2D eigenvalue weighted by atomic mass is 19.4. The number of anilines is 2. The number of hydrogen-bond acceptors (Lipinski definition) is 4. The molecule has 2 heterocycles. The maximum absolute atomic E-state index is 12.7. The SMILES string of the molecule is CCC(=O)NC1=NCCC(c2cn[nH]c2-c2cccc(NC(=O)Nc3ccc(C(F)(F)F)cc3)c2)=C1. The van der Waals surface area contributed by atoms with Gasteiger partial charge in [0.25, 0.3) is 0 Å². The van der Waals surface area contributed by atoms with Crippen LogP contribution >= 0.6 is 0 Å². The normalized spacial score (nSPS) is 13.4. The van der Waals surface area contributed by atoms with Crippen molar-refractivity contribution in [1.29, 1.82) is 0 Å². The van der Waals surface area contributed by atoms with E-state index in [1.54, 1.807) is 31.3 Å². The number of dihydropyridines is 1. The molecule has 8 nitrogen and oxygen atoms in total. The highest BCUT2D eigenvalue weighted by molar-refractivity contribution is 6.09. The molecule has 2 aromatic carbocycles. The Kier molecular flexibility index (Phi) is 7.18. The number of urea groups is 1. The van der Waals surface area contributed by atoms with Gasteiger partial charge in [-0.3, -0.25) is 14.9 Å². The van der Waals surface area contributed by atoms with E-state index in [0.29, 0.717) is 30.9 Å². The average molecular weight is 496 g/mol. The van der Waals surface area contributed by atoms with Gasteiger partial charge in [-0.2, -0.15) is 18.3 Å². The van der Waals surface area contributed by atoms with Gasteiger partial charge >= 0.3 is 12.2 Å². The second-order valence-electron chi connectivity index (χ2n) is 7.98. The third-order valence-electron chi connectivity index (χ3n) is 5.43. The second kappa shape index (κ2) is 10.5. The van der Waals surface area contributed by atoms with Crippen molar-refractivity contribution in [2.75, 3.05) is 17.2 Å². The summed E-state index contributed by atoms with van der Waals surface area (Å²) < 4.78 is 38.2. The zero-order valence-corrected chi connectivity index (χ0v) is 19.2. The maximum Gasteiger partial charge on any atom is 0.416 e. The van der Waals surface area contributed by atoms with Gasteiger partial charge in [0.05, 0.1) is 17.5 Å². The van der Waals surface area contributed by atoms with Crippen molar-refractivity contribution in [2.24, 2.45) is 4.99 Å². The minimum absolute atomic E-state index is 0.119. The van der Waals surface area contributed by atoms with Crippen molar-refractivity contribution in [3.63, 3.8) is 0 Å². The van der Waals surface area contributed by atoms with E-state index in [1.807, 2.05) is 12.1 Å². The van der Waals surface area contributed by atoms with Crippen molar-refractivity contribution in [1.82, 2.24) is 15.5 Å². The first-order valence-electron chi connectivity index (χ1n) is 11.2. The van der Waals surface area contributed by atoms with Crippen LogP contribution in [0, 0.1) is 0 Å². The molecule has 186 valence electrons. The highest BCUT2D eigenvalue weighted by Gasteiger charge is 2.30. The number of carbonyl (C=O) groups excluding carboxylic acids is 2. The van der Waals surface area contributed by atoms with Crippen LogP contribution in [-0.2, 0) is 11.0 Å². The van der Waals surface area contributed by atoms with Gasteiger partial charge in [-0.1, -0.05) is 19.1 Å². The fourth-order valence-corrected chi connectivity index (χ4v) is 3.64. The number of aliphatic imine (C=N–C) groups is 1. The molecule has 0 saturated heterocycles. The molecule has 3 aromatic rings. The lowest BCUT2D eigenvalue weighted by molar-refractivity contribution is -0.137. The molecular weight excluding hydrogens is 473 g/mol. The van der Waals surface area contributed by atoms with Crippen molar-refractivity contribution in [3.05, 3.63) is 71.9 Å². The molecule has 0 radical (unpaired) electrons. The van der Waals surface area contributed by atoms with Crippen molar-refractivity contribution in [2.45, 2.75) is 25.9 Å². The number of H-pyrrole nitrogens is 1. The van der Waals surface area contributed by atoms with Crippen molar-refractivity contribution in [3.8, 4) is 11.3 Å². The monoisotopic (exact) mass is 496 g/mol. The molecule has 11 heteroatoms. The Morgan fingerprint density at radius 2 is 1.78 bits per heavy atom. The summed E-state index contributed by atoms with van der Waals surface area (Å²) in [4.78, 5) is 28.5. The van der Waals surface area contributed by atoms with Gasteiger partial charge in [-0.15, -0.1) is 0 Å². The number of amides is 3. The van der Waals surface area contributed by atoms with Crippen molar-refractivity contribution >= 4 is 34.7 Å². The molecule has 0 bridgehead atoms. The first-order chi connectivity index (χ1) is 17.2. The Hall–Kier alpha value is -4.41. The third kappa shape index (κ3) is 5.98. The number of carbonyl (C=O) groups is 2. The summed E-state index contributed by atoms with van der Waals surface area (Å²) in [5.74, 6) is 0.387. The van der Waals surface area contributed by atoms with E-state index in [2.05, 4.69) is 31.1 Å². The van der Waals surface area contributed by atoms with Crippen LogP contribution in [0.5, 0.6) is 0 Å². The number of halogens is 3. The summed E-state index contributed by atoms with van der Waals surface area (Å²) >= 11 is 0. The number of amidine groups is 1. The quantitative estimate of drug-likeness (QED) is 0.377. The molecule has 4 rings (SSSR count). The van der Waals surface area contributed by atoms with Crippen LogP contribution in [0.2, 0.25) is 0 Å². The lowest BCUT2D eigenvalue weighted by Crippen LogP contribution is -2.30. The van der Waals surface area contributed by atoms with Gasteiger partial charge in [0.1, 0.15) is 5.84 Å².